The molecule has 0 amide bonds. The Labute approximate surface area is 106 Å². The molecule has 0 N–H and O–H groups in total. The first kappa shape index (κ1) is 13.0. The molecule has 6 heteroatoms. The van der Waals surface area contributed by atoms with Gasteiger partial charge in [-0.3, -0.25) is 4.79 Å². The topological polar surface area (TPSA) is 74.5 Å². The van der Waals surface area contributed by atoms with E-state index in [-0.39, 0.29) is 12.1 Å². The van der Waals surface area contributed by atoms with Crippen LogP contribution in [0.5, 0.6) is 0 Å². The smallest absolute Gasteiger partial charge is 0.318 e. The van der Waals surface area contributed by atoms with Crippen molar-refractivity contribution in [3.63, 3.8) is 0 Å². The minimum absolute atomic E-state index is 0.174. The molecule has 0 aromatic carbocycles. The zero-order valence-corrected chi connectivity index (χ0v) is 10.7. The third-order valence-corrected chi connectivity index (χ3v) is 2.93. The second kappa shape index (κ2) is 5.95. The monoisotopic (exact) mass is 254 g/mol. The van der Waals surface area contributed by atoms with E-state index in [1.54, 1.807) is 13.8 Å². The van der Waals surface area contributed by atoms with Gasteiger partial charge in [-0.1, -0.05) is 5.16 Å². The fourth-order valence-corrected chi connectivity index (χ4v) is 1.90. The molecule has 2 unspecified atom stereocenters. The lowest BCUT2D eigenvalue weighted by atomic mass is 10.1. The molecule has 100 valence electrons. The summed E-state index contributed by atoms with van der Waals surface area (Å²) >= 11 is 0. The summed E-state index contributed by atoms with van der Waals surface area (Å²) in [5.41, 5.74) is 0. The molecule has 2 heterocycles. The van der Waals surface area contributed by atoms with Crippen LogP contribution >= 0.6 is 0 Å². The van der Waals surface area contributed by atoms with E-state index in [9.17, 15) is 4.79 Å². The minimum Gasteiger partial charge on any atom is -0.465 e. The largest absolute Gasteiger partial charge is 0.465 e. The summed E-state index contributed by atoms with van der Waals surface area (Å²) in [6.07, 6.45) is 2.92. The zero-order valence-electron chi connectivity index (χ0n) is 10.7. The van der Waals surface area contributed by atoms with Gasteiger partial charge in [-0.05, 0) is 26.7 Å². The van der Waals surface area contributed by atoms with E-state index in [0.717, 1.165) is 19.4 Å². The van der Waals surface area contributed by atoms with Gasteiger partial charge in [0.05, 0.1) is 12.7 Å². The van der Waals surface area contributed by atoms with Gasteiger partial charge in [0.1, 0.15) is 5.92 Å². The lowest BCUT2D eigenvalue weighted by Crippen LogP contribution is -2.14. The van der Waals surface area contributed by atoms with Crippen molar-refractivity contribution in [1.29, 1.82) is 0 Å². The van der Waals surface area contributed by atoms with Crippen LogP contribution in [0.1, 0.15) is 44.3 Å². The maximum Gasteiger partial charge on any atom is 0.318 e. The van der Waals surface area contributed by atoms with E-state index >= 15 is 0 Å². The van der Waals surface area contributed by atoms with E-state index in [0.29, 0.717) is 24.7 Å². The van der Waals surface area contributed by atoms with Crippen molar-refractivity contribution >= 4 is 5.97 Å². The quantitative estimate of drug-likeness (QED) is 0.740. The molecule has 2 rings (SSSR count). The molecule has 18 heavy (non-hydrogen) atoms. The van der Waals surface area contributed by atoms with Crippen LogP contribution in [0.4, 0.5) is 0 Å². The molecule has 0 saturated carbocycles. The molecular formula is C12H18N2O4. The Balaban J connectivity index is 1.94. The SMILES string of the molecule is CCOC(=O)C(C)c1nc(CC2CCCO2)no1. The summed E-state index contributed by atoms with van der Waals surface area (Å²) in [4.78, 5) is 15.7. The second-order valence-corrected chi connectivity index (χ2v) is 4.36. The highest BCUT2D eigenvalue weighted by molar-refractivity contribution is 5.76. The Morgan fingerprint density at radius 1 is 1.61 bits per heavy atom. The van der Waals surface area contributed by atoms with Gasteiger partial charge in [0.15, 0.2) is 5.82 Å². The number of carbonyl (C=O) groups is 1. The van der Waals surface area contributed by atoms with Crippen LogP contribution in [0, 0.1) is 0 Å². The van der Waals surface area contributed by atoms with E-state index in [1.807, 2.05) is 0 Å². The highest BCUT2D eigenvalue weighted by atomic mass is 16.5. The number of esters is 1. The van der Waals surface area contributed by atoms with E-state index in [2.05, 4.69) is 10.1 Å². The van der Waals surface area contributed by atoms with Crippen molar-refractivity contribution in [3.8, 4) is 0 Å². The van der Waals surface area contributed by atoms with Crippen molar-refractivity contribution in [2.24, 2.45) is 0 Å². The Kier molecular flexibility index (Phi) is 4.30. The van der Waals surface area contributed by atoms with Crippen LogP contribution in [0.2, 0.25) is 0 Å². The molecule has 0 aliphatic carbocycles. The number of carbonyl (C=O) groups excluding carboxylic acids is 1. The van der Waals surface area contributed by atoms with Gasteiger partial charge in [0.25, 0.3) is 0 Å². The minimum atomic E-state index is -0.518. The standard InChI is InChI=1S/C12H18N2O4/c1-3-16-12(15)8(2)11-13-10(14-18-11)7-9-5-4-6-17-9/h8-9H,3-7H2,1-2H3. The van der Waals surface area contributed by atoms with Crippen LogP contribution in [0.15, 0.2) is 4.52 Å². The third kappa shape index (κ3) is 3.07. The fourth-order valence-electron chi connectivity index (χ4n) is 1.90. The molecule has 2 atom stereocenters. The van der Waals surface area contributed by atoms with Gasteiger partial charge in [0, 0.05) is 13.0 Å². The molecule has 1 aromatic heterocycles. The second-order valence-electron chi connectivity index (χ2n) is 4.36. The molecule has 1 fully saturated rings. The summed E-state index contributed by atoms with van der Waals surface area (Å²) in [5.74, 6) is 0.0370. The molecule has 6 nitrogen and oxygen atoms in total. The van der Waals surface area contributed by atoms with Gasteiger partial charge in [-0.15, -0.1) is 0 Å². The van der Waals surface area contributed by atoms with E-state index < -0.39 is 5.92 Å². The average molecular weight is 254 g/mol. The molecular weight excluding hydrogens is 236 g/mol. The lowest BCUT2D eigenvalue weighted by molar-refractivity contribution is -0.145. The molecule has 1 aliphatic rings. The van der Waals surface area contributed by atoms with Crippen molar-refractivity contribution in [2.75, 3.05) is 13.2 Å². The highest BCUT2D eigenvalue weighted by Crippen LogP contribution is 2.18. The van der Waals surface area contributed by atoms with Gasteiger partial charge in [-0.2, -0.15) is 4.98 Å². The predicted octanol–water partition coefficient (Wildman–Crippen LogP) is 1.46. The first-order valence-electron chi connectivity index (χ1n) is 6.31. The molecule has 0 spiro atoms. The Hall–Kier alpha value is -1.43. The summed E-state index contributed by atoms with van der Waals surface area (Å²) < 4.78 is 15.5. The highest BCUT2D eigenvalue weighted by Gasteiger charge is 2.24. The summed E-state index contributed by atoms with van der Waals surface area (Å²) in [6.45, 7) is 4.61. The number of hydrogen-bond donors (Lipinski definition) is 0. The molecule has 1 saturated heterocycles. The van der Waals surface area contributed by atoms with Crippen molar-refractivity contribution in [1.82, 2.24) is 10.1 Å². The lowest BCUT2D eigenvalue weighted by Gasteiger charge is -2.05. The molecule has 1 aliphatic heterocycles. The summed E-state index contributed by atoms with van der Waals surface area (Å²) in [6, 6.07) is 0. The Morgan fingerprint density at radius 2 is 2.44 bits per heavy atom. The first-order chi connectivity index (χ1) is 8.70. The molecule has 0 bridgehead atoms. The number of ether oxygens (including phenoxy) is 2. The normalized spacial score (nSPS) is 20.9. The maximum absolute atomic E-state index is 11.5. The summed E-state index contributed by atoms with van der Waals surface area (Å²) in [7, 11) is 0. The third-order valence-electron chi connectivity index (χ3n) is 2.93. The Morgan fingerprint density at radius 3 is 3.11 bits per heavy atom. The van der Waals surface area contributed by atoms with Crippen LogP contribution in [0.3, 0.4) is 0 Å². The van der Waals surface area contributed by atoms with Crippen LogP contribution < -0.4 is 0 Å². The Bertz CT molecular complexity index is 399. The number of hydrogen-bond acceptors (Lipinski definition) is 6. The van der Waals surface area contributed by atoms with Gasteiger partial charge in [-0.25, -0.2) is 0 Å². The maximum atomic E-state index is 11.5. The first-order valence-corrected chi connectivity index (χ1v) is 6.31. The van der Waals surface area contributed by atoms with Crippen LogP contribution in [-0.2, 0) is 20.7 Å². The fraction of sp³-hybridized carbons (Fsp3) is 0.750. The summed E-state index contributed by atoms with van der Waals surface area (Å²) in [5, 5.41) is 3.87. The van der Waals surface area contributed by atoms with Crippen LogP contribution in [0.25, 0.3) is 0 Å². The van der Waals surface area contributed by atoms with Crippen molar-refractivity contribution in [2.45, 2.75) is 45.1 Å². The van der Waals surface area contributed by atoms with Crippen LogP contribution in [-0.4, -0.2) is 35.4 Å². The number of rotatable bonds is 5. The average Bonchev–Trinajstić information content (AvgIpc) is 3.00. The zero-order chi connectivity index (χ0) is 13.0. The van der Waals surface area contributed by atoms with Gasteiger partial charge < -0.3 is 14.0 Å². The van der Waals surface area contributed by atoms with Crippen molar-refractivity contribution in [3.05, 3.63) is 11.7 Å². The van der Waals surface area contributed by atoms with Gasteiger partial charge >= 0.3 is 5.97 Å². The molecule has 1 aromatic rings. The van der Waals surface area contributed by atoms with Gasteiger partial charge in [0.2, 0.25) is 5.89 Å². The predicted molar refractivity (Wildman–Crippen MR) is 62.0 cm³/mol. The number of aromatic nitrogens is 2. The van der Waals surface area contributed by atoms with E-state index in [4.69, 9.17) is 14.0 Å². The molecule has 0 radical (unpaired) electrons. The van der Waals surface area contributed by atoms with Crippen molar-refractivity contribution < 1.29 is 18.8 Å². The number of nitrogens with zero attached hydrogens (tertiary/aromatic N) is 2. The van der Waals surface area contributed by atoms with E-state index in [1.165, 1.54) is 0 Å².